The first-order valence-electron chi connectivity index (χ1n) is 16.8. The van der Waals surface area contributed by atoms with E-state index in [1.807, 2.05) is 23.1 Å². The van der Waals surface area contributed by atoms with Gasteiger partial charge in [0, 0.05) is 31.3 Å². The number of amides is 2. The summed E-state index contributed by atoms with van der Waals surface area (Å²) in [6, 6.07) is 17.4. The minimum atomic E-state index is -3.23. The van der Waals surface area contributed by atoms with Gasteiger partial charge in [-0.1, -0.05) is 42.5 Å². The van der Waals surface area contributed by atoms with Crippen LogP contribution in [-0.2, 0) is 26.0 Å². The van der Waals surface area contributed by atoms with Crippen LogP contribution in [0.5, 0.6) is 0 Å². The first-order chi connectivity index (χ1) is 21.1. The smallest absolute Gasteiger partial charge is 0.229 e. The van der Waals surface area contributed by atoms with Crippen LogP contribution in [0.4, 0.5) is 0 Å². The molecule has 2 aromatic rings. The molecule has 236 valence electrons. The number of nitrogens with zero attached hydrogens (tertiary/aromatic N) is 2. The third kappa shape index (κ3) is 5.84. The maximum Gasteiger partial charge on any atom is 0.229 e. The first-order valence-corrected chi connectivity index (χ1v) is 18.7. The number of sulfone groups is 1. The molecule has 0 radical (unpaired) electrons. The Morgan fingerprint density at radius 1 is 0.886 bits per heavy atom. The number of hydrogen-bond donors (Lipinski definition) is 1. The molecule has 2 aromatic carbocycles. The van der Waals surface area contributed by atoms with Gasteiger partial charge in [0.25, 0.3) is 0 Å². The van der Waals surface area contributed by atoms with Crippen LogP contribution in [0.15, 0.2) is 59.5 Å². The van der Waals surface area contributed by atoms with Gasteiger partial charge in [0.1, 0.15) is 0 Å². The summed E-state index contributed by atoms with van der Waals surface area (Å²) in [6.45, 7) is 3.97. The summed E-state index contributed by atoms with van der Waals surface area (Å²) < 4.78 is 23.6. The number of piperidine rings is 1. The quantitative estimate of drug-likeness (QED) is 0.409. The van der Waals surface area contributed by atoms with Gasteiger partial charge in [-0.15, -0.1) is 0 Å². The Kier molecular flexibility index (Phi) is 7.89. The maximum absolute atomic E-state index is 14.0. The van der Waals surface area contributed by atoms with E-state index in [1.54, 1.807) is 12.1 Å². The van der Waals surface area contributed by atoms with Gasteiger partial charge in [0.2, 0.25) is 11.8 Å². The molecule has 0 unspecified atom stereocenters. The van der Waals surface area contributed by atoms with Crippen molar-refractivity contribution in [2.75, 3.05) is 32.4 Å². The van der Waals surface area contributed by atoms with Gasteiger partial charge >= 0.3 is 0 Å². The number of nitrogens with one attached hydrogen (secondary N) is 1. The highest BCUT2D eigenvalue weighted by atomic mass is 32.2. The molecule has 4 aliphatic carbocycles. The Bertz CT molecular complexity index is 1450. The van der Waals surface area contributed by atoms with Crippen LogP contribution in [0.1, 0.15) is 81.4 Å². The number of benzene rings is 2. The summed E-state index contributed by atoms with van der Waals surface area (Å²) in [5.41, 5.74) is 1.71. The van der Waals surface area contributed by atoms with Crippen molar-refractivity contribution in [1.29, 1.82) is 0 Å². The van der Waals surface area contributed by atoms with E-state index in [0.29, 0.717) is 17.3 Å². The van der Waals surface area contributed by atoms with E-state index in [-0.39, 0.29) is 22.8 Å². The van der Waals surface area contributed by atoms with Crippen molar-refractivity contribution in [3.63, 3.8) is 0 Å². The molecule has 4 saturated carbocycles. The third-order valence-electron chi connectivity index (χ3n) is 11.9. The predicted molar refractivity (Wildman–Crippen MR) is 170 cm³/mol. The largest absolute Gasteiger partial charge is 0.349 e. The average Bonchev–Trinajstić information content (AvgIpc) is 3.29. The molecule has 1 spiro atoms. The van der Waals surface area contributed by atoms with E-state index in [0.717, 1.165) is 94.4 Å². The Balaban J connectivity index is 0.949. The van der Waals surface area contributed by atoms with E-state index >= 15 is 0 Å². The standard InChI is InChI=1S/C36H47N3O4S/c1-44(42,43)31-9-7-26(8-10-31)25-39-18-14-35(34(39)41)12-16-38(17-13-35)15-11-32(30-5-3-2-4-6-30)37-33(40)36-22-27-19-28(23-36)21-29(20-27)24-36/h2-10,27-29,32H,11-25H2,1H3,(H,37,40)/t27?,28?,29?,32-,36?/m0/s1. The van der Waals surface area contributed by atoms with Crippen LogP contribution < -0.4 is 5.32 Å². The average molecular weight is 618 g/mol. The van der Waals surface area contributed by atoms with Gasteiger partial charge in [-0.05, 0) is 118 Å². The first kappa shape index (κ1) is 30.0. The molecule has 8 rings (SSSR count). The highest BCUT2D eigenvalue weighted by Crippen LogP contribution is 2.60. The normalized spacial score (nSPS) is 30.2. The fraction of sp³-hybridized carbons (Fsp3) is 0.611. The monoisotopic (exact) mass is 617 g/mol. The number of carbonyl (C=O) groups excluding carboxylic acids is 2. The minimum absolute atomic E-state index is 0.00489. The third-order valence-corrected chi connectivity index (χ3v) is 13.0. The summed E-state index contributed by atoms with van der Waals surface area (Å²) in [5.74, 6) is 2.78. The molecule has 2 heterocycles. The van der Waals surface area contributed by atoms with Gasteiger partial charge in [0.05, 0.1) is 16.4 Å². The van der Waals surface area contributed by atoms with Crippen molar-refractivity contribution in [3.05, 3.63) is 65.7 Å². The van der Waals surface area contributed by atoms with E-state index in [9.17, 15) is 18.0 Å². The molecular formula is C36H47N3O4S. The number of rotatable bonds is 9. The second-order valence-corrected chi connectivity index (χ2v) is 17.0. The molecule has 44 heavy (non-hydrogen) atoms. The SMILES string of the molecule is CS(=O)(=O)c1ccc(CN2CCC3(CCN(CC[C@H](NC(=O)C45CC6CC(CC(C6)C4)C5)c4ccccc4)CC3)C2=O)cc1. The van der Waals surface area contributed by atoms with E-state index in [2.05, 4.69) is 34.5 Å². The Hall–Kier alpha value is -2.71. The van der Waals surface area contributed by atoms with Crippen molar-refractivity contribution >= 4 is 21.7 Å². The van der Waals surface area contributed by atoms with E-state index in [4.69, 9.17) is 0 Å². The zero-order chi connectivity index (χ0) is 30.5. The molecule has 0 aromatic heterocycles. The van der Waals surface area contributed by atoms with Crippen molar-refractivity contribution < 1.29 is 18.0 Å². The summed E-state index contributed by atoms with van der Waals surface area (Å²) in [5, 5.41) is 3.57. The van der Waals surface area contributed by atoms with Gasteiger partial charge in [-0.25, -0.2) is 8.42 Å². The van der Waals surface area contributed by atoms with Crippen LogP contribution >= 0.6 is 0 Å². The lowest BCUT2D eigenvalue weighted by Gasteiger charge is -2.55. The Morgan fingerprint density at radius 2 is 1.48 bits per heavy atom. The predicted octanol–water partition coefficient (Wildman–Crippen LogP) is 5.37. The van der Waals surface area contributed by atoms with Crippen LogP contribution in [0.3, 0.4) is 0 Å². The highest BCUT2D eigenvalue weighted by Gasteiger charge is 2.55. The summed E-state index contributed by atoms with van der Waals surface area (Å²) in [7, 11) is -3.23. The van der Waals surface area contributed by atoms with Crippen LogP contribution in [0, 0.1) is 28.6 Å². The van der Waals surface area contributed by atoms with E-state index in [1.165, 1.54) is 31.1 Å². The van der Waals surface area contributed by atoms with Gasteiger partial charge in [-0.3, -0.25) is 9.59 Å². The van der Waals surface area contributed by atoms with Crippen LogP contribution in [0.2, 0.25) is 0 Å². The van der Waals surface area contributed by atoms with Gasteiger partial charge < -0.3 is 15.1 Å². The summed E-state index contributed by atoms with van der Waals surface area (Å²) >= 11 is 0. The van der Waals surface area contributed by atoms with Crippen molar-refractivity contribution in [3.8, 4) is 0 Å². The lowest BCUT2D eigenvalue weighted by atomic mass is 9.49. The molecule has 2 aliphatic heterocycles. The Labute approximate surface area is 262 Å². The maximum atomic E-state index is 14.0. The molecular weight excluding hydrogens is 570 g/mol. The molecule has 2 amide bonds. The van der Waals surface area contributed by atoms with Crippen molar-refractivity contribution in [2.45, 2.75) is 81.7 Å². The fourth-order valence-corrected chi connectivity index (χ4v) is 10.4. The lowest BCUT2D eigenvalue weighted by Crippen LogP contribution is -2.54. The molecule has 1 N–H and O–H groups in total. The van der Waals surface area contributed by atoms with Crippen molar-refractivity contribution in [1.82, 2.24) is 15.1 Å². The zero-order valence-electron chi connectivity index (χ0n) is 26.0. The fourth-order valence-electron chi connectivity index (χ4n) is 9.79. The summed E-state index contributed by atoms with van der Waals surface area (Å²) in [6.07, 6.45) is 12.0. The van der Waals surface area contributed by atoms with Crippen molar-refractivity contribution in [2.24, 2.45) is 28.6 Å². The van der Waals surface area contributed by atoms with Crippen LogP contribution in [-0.4, -0.2) is 62.5 Å². The molecule has 4 bridgehead atoms. The second-order valence-electron chi connectivity index (χ2n) is 14.9. The molecule has 7 nitrogen and oxygen atoms in total. The number of carbonyl (C=O) groups is 2. The van der Waals surface area contributed by atoms with Gasteiger partial charge in [0.15, 0.2) is 9.84 Å². The van der Waals surface area contributed by atoms with E-state index < -0.39 is 9.84 Å². The molecule has 6 fully saturated rings. The minimum Gasteiger partial charge on any atom is -0.349 e. The topological polar surface area (TPSA) is 86.8 Å². The Morgan fingerprint density at radius 3 is 2.07 bits per heavy atom. The molecule has 8 heteroatoms. The highest BCUT2D eigenvalue weighted by molar-refractivity contribution is 7.90. The summed E-state index contributed by atoms with van der Waals surface area (Å²) in [4.78, 5) is 32.3. The van der Waals surface area contributed by atoms with Gasteiger partial charge in [-0.2, -0.15) is 0 Å². The number of hydrogen-bond acceptors (Lipinski definition) is 5. The molecule has 6 aliphatic rings. The molecule has 1 atom stereocenters. The number of likely N-dealkylation sites (tertiary alicyclic amines) is 2. The lowest BCUT2D eigenvalue weighted by molar-refractivity contribution is -0.147. The molecule has 2 saturated heterocycles. The van der Waals surface area contributed by atoms with Crippen LogP contribution in [0.25, 0.3) is 0 Å². The second kappa shape index (κ2) is 11.6. The zero-order valence-corrected chi connectivity index (χ0v) is 26.9.